The van der Waals surface area contributed by atoms with Gasteiger partial charge in [0.25, 0.3) is 0 Å². The molecular weight excluding hydrogens is 250 g/mol. The normalized spacial score (nSPS) is 12.7. The number of benzene rings is 1. The van der Waals surface area contributed by atoms with Crippen LogP contribution in [0.25, 0.3) is 6.08 Å². The first-order chi connectivity index (χ1) is 8.56. The van der Waals surface area contributed by atoms with E-state index in [0.29, 0.717) is 11.4 Å². The molecule has 0 fully saturated rings. The van der Waals surface area contributed by atoms with Crippen LogP contribution >= 0.6 is 11.6 Å². The van der Waals surface area contributed by atoms with Crippen molar-refractivity contribution in [3.63, 3.8) is 0 Å². The summed E-state index contributed by atoms with van der Waals surface area (Å²) in [6.07, 6.45) is 3.84. The van der Waals surface area contributed by atoms with Gasteiger partial charge in [-0.2, -0.15) is 0 Å². The van der Waals surface area contributed by atoms with E-state index in [1.54, 1.807) is 6.08 Å². The molecule has 3 nitrogen and oxygen atoms in total. The van der Waals surface area contributed by atoms with Crippen LogP contribution in [0.2, 0.25) is 5.02 Å². The highest BCUT2D eigenvalue weighted by molar-refractivity contribution is 6.31. The molecule has 0 aliphatic heterocycles. The lowest BCUT2D eigenvalue weighted by Crippen LogP contribution is -2.35. The fourth-order valence-corrected chi connectivity index (χ4v) is 1.60. The van der Waals surface area contributed by atoms with Crippen molar-refractivity contribution in [2.24, 2.45) is 0 Å². The summed E-state index contributed by atoms with van der Waals surface area (Å²) in [5.41, 5.74) is 1.88. The summed E-state index contributed by atoms with van der Waals surface area (Å²) in [5, 5.41) is 12.4. The lowest BCUT2D eigenvalue weighted by molar-refractivity contribution is -0.117. The third-order valence-electron chi connectivity index (χ3n) is 2.68. The van der Waals surface area contributed by atoms with Crippen molar-refractivity contribution in [3.05, 3.63) is 40.4 Å². The lowest BCUT2D eigenvalue weighted by Gasteiger charge is -2.11. The highest BCUT2D eigenvalue weighted by Gasteiger charge is 2.05. The molecule has 0 heterocycles. The summed E-state index contributed by atoms with van der Waals surface area (Å²) in [7, 11) is 0. The minimum Gasteiger partial charge on any atom is -0.394 e. The van der Waals surface area contributed by atoms with Crippen molar-refractivity contribution < 1.29 is 9.90 Å². The van der Waals surface area contributed by atoms with E-state index in [0.717, 1.165) is 11.1 Å². The van der Waals surface area contributed by atoms with Crippen molar-refractivity contribution in [2.75, 3.05) is 6.61 Å². The number of carbonyl (C=O) groups excluding carboxylic acids is 1. The number of aliphatic hydroxyl groups excluding tert-OH is 1. The average molecular weight is 268 g/mol. The van der Waals surface area contributed by atoms with Gasteiger partial charge >= 0.3 is 0 Å². The van der Waals surface area contributed by atoms with Gasteiger partial charge in [0.1, 0.15) is 0 Å². The second kappa shape index (κ2) is 7.19. The number of halogens is 1. The fraction of sp³-hybridized carbons (Fsp3) is 0.357. The van der Waals surface area contributed by atoms with Gasteiger partial charge in [0.05, 0.1) is 12.6 Å². The third kappa shape index (κ3) is 4.51. The molecule has 0 spiro atoms. The van der Waals surface area contributed by atoms with Gasteiger partial charge in [-0.05, 0) is 36.6 Å². The Balaban J connectivity index is 2.63. The third-order valence-corrected chi connectivity index (χ3v) is 3.09. The number of hydrogen-bond acceptors (Lipinski definition) is 2. The monoisotopic (exact) mass is 267 g/mol. The molecule has 1 amide bonds. The summed E-state index contributed by atoms with van der Waals surface area (Å²) in [5.74, 6) is -0.215. The highest BCUT2D eigenvalue weighted by Crippen LogP contribution is 2.17. The largest absolute Gasteiger partial charge is 0.394 e. The molecule has 98 valence electrons. The second-order valence-electron chi connectivity index (χ2n) is 4.14. The Bertz CT molecular complexity index is 439. The molecule has 0 radical (unpaired) electrons. The Hall–Kier alpha value is -1.32. The van der Waals surface area contributed by atoms with Crippen LogP contribution in [0.15, 0.2) is 24.3 Å². The van der Waals surface area contributed by atoms with Gasteiger partial charge in [0.2, 0.25) is 5.91 Å². The van der Waals surface area contributed by atoms with E-state index in [9.17, 15) is 4.79 Å². The van der Waals surface area contributed by atoms with Gasteiger partial charge in [-0.3, -0.25) is 4.79 Å². The molecular formula is C14H18ClNO2. The number of nitrogens with one attached hydrogen (secondary N) is 1. The summed E-state index contributed by atoms with van der Waals surface area (Å²) in [4.78, 5) is 11.6. The Morgan fingerprint density at radius 1 is 1.56 bits per heavy atom. The summed E-state index contributed by atoms with van der Waals surface area (Å²) >= 11 is 5.99. The fourth-order valence-electron chi connectivity index (χ4n) is 1.41. The zero-order chi connectivity index (χ0) is 13.5. The molecule has 1 aromatic rings. The number of rotatable bonds is 5. The predicted molar refractivity (Wildman–Crippen MR) is 74.5 cm³/mol. The molecule has 0 aliphatic carbocycles. The topological polar surface area (TPSA) is 49.3 Å². The van der Waals surface area contributed by atoms with E-state index in [-0.39, 0.29) is 18.6 Å². The lowest BCUT2D eigenvalue weighted by atomic mass is 10.1. The van der Waals surface area contributed by atoms with Crippen LogP contribution in [-0.4, -0.2) is 23.7 Å². The molecule has 0 bridgehead atoms. The van der Waals surface area contributed by atoms with Crippen LogP contribution in [0, 0.1) is 6.92 Å². The molecule has 1 atom stereocenters. The van der Waals surface area contributed by atoms with Crippen molar-refractivity contribution in [3.8, 4) is 0 Å². The van der Waals surface area contributed by atoms with Crippen LogP contribution < -0.4 is 5.32 Å². The maximum atomic E-state index is 11.6. The quantitative estimate of drug-likeness (QED) is 0.806. The van der Waals surface area contributed by atoms with Crippen LogP contribution in [0.5, 0.6) is 0 Å². The average Bonchev–Trinajstić information content (AvgIpc) is 2.37. The molecule has 0 aromatic heterocycles. The van der Waals surface area contributed by atoms with E-state index < -0.39 is 0 Å². The highest BCUT2D eigenvalue weighted by atomic mass is 35.5. The van der Waals surface area contributed by atoms with Crippen molar-refractivity contribution in [1.29, 1.82) is 0 Å². The molecule has 4 heteroatoms. The van der Waals surface area contributed by atoms with Gasteiger partial charge in [-0.25, -0.2) is 0 Å². The molecule has 0 saturated heterocycles. The summed E-state index contributed by atoms with van der Waals surface area (Å²) < 4.78 is 0. The van der Waals surface area contributed by atoms with Gasteiger partial charge in [0, 0.05) is 11.1 Å². The Labute approximate surface area is 112 Å². The van der Waals surface area contributed by atoms with Gasteiger partial charge < -0.3 is 10.4 Å². The molecule has 0 aliphatic rings. The first-order valence-corrected chi connectivity index (χ1v) is 6.30. The van der Waals surface area contributed by atoms with Gasteiger partial charge in [-0.1, -0.05) is 30.7 Å². The SMILES string of the molecule is CCC(CO)NC(=O)/C=C/c1ccc(C)c(Cl)c1. The zero-order valence-corrected chi connectivity index (χ0v) is 11.4. The van der Waals surface area contributed by atoms with Crippen LogP contribution in [0.1, 0.15) is 24.5 Å². The van der Waals surface area contributed by atoms with Crippen LogP contribution in [0.3, 0.4) is 0 Å². The summed E-state index contributed by atoms with van der Waals surface area (Å²) in [6.45, 7) is 3.78. The number of amides is 1. The van der Waals surface area contributed by atoms with Crippen molar-refractivity contribution in [2.45, 2.75) is 26.3 Å². The Morgan fingerprint density at radius 3 is 2.83 bits per heavy atom. The van der Waals surface area contributed by atoms with E-state index in [1.807, 2.05) is 32.0 Å². The maximum Gasteiger partial charge on any atom is 0.244 e. The Morgan fingerprint density at radius 2 is 2.28 bits per heavy atom. The first kappa shape index (κ1) is 14.7. The van der Waals surface area contributed by atoms with Crippen molar-refractivity contribution >= 4 is 23.6 Å². The number of aliphatic hydroxyl groups is 1. The molecule has 2 N–H and O–H groups in total. The van der Waals surface area contributed by atoms with E-state index in [1.165, 1.54) is 6.08 Å². The minimum absolute atomic E-state index is 0.0492. The molecule has 1 unspecified atom stereocenters. The zero-order valence-electron chi connectivity index (χ0n) is 10.6. The maximum absolute atomic E-state index is 11.6. The van der Waals surface area contributed by atoms with E-state index in [4.69, 9.17) is 16.7 Å². The van der Waals surface area contributed by atoms with Gasteiger partial charge in [0.15, 0.2) is 0 Å². The smallest absolute Gasteiger partial charge is 0.244 e. The Kier molecular flexibility index (Phi) is 5.89. The van der Waals surface area contributed by atoms with Gasteiger partial charge in [-0.15, -0.1) is 0 Å². The molecule has 18 heavy (non-hydrogen) atoms. The van der Waals surface area contributed by atoms with Crippen molar-refractivity contribution in [1.82, 2.24) is 5.32 Å². The molecule has 0 saturated carbocycles. The first-order valence-electron chi connectivity index (χ1n) is 5.92. The predicted octanol–water partition coefficient (Wildman–Crippen LogP) is 2.55. The molecule has 1 rings (SSSR count). The standard InChI is InChI=1S/C14H18ClNO2/c1-3-12(9-17)16-14(18)7-6-11-5-4-10(2)13(15)8-11/h4-8,12,17H,3,9H2,1-2H3,(H,16,18)/b7-6+. The number of carbonyl (C=O) groups is 1. The molecule has 1 aromatic carbocycles. The number of hydrogen-bond donors (Lipinski definition) is 2. The van der Waals surface area contributed by atoms with E-state index >= 15 is 0 Å². The van der Waals surface area contributed by atoms with Crippen LogP contribution in [-0.2, 0) is 4.79 Å². The van der Waals surface area contributed by atoms with Crippen LogP contribution in [0.4, 0.5) is 0 Å². The second-order valence-corrected chi connectivity index (χ2v) is 4.55. The minimum atomic E-state index is -0.215. The summed E-state index contributed by atoms with van der Waals surface area (Å²) in [6, 6.07) is 5.42. The number of aryl methyl sites for hydroxylation is 1. The van der Waals surface area contributed by atoms with E-state index in [2.05, 4.69) is 5.32 Å².